The van der Waals surface area contributed by atoms with Crippen molar-refractivity contribution in [3.8, 4) is 0 Å². The highest BCUT2D eigenvalue weighted by molar-refractivity contribution is 7.13. The molecule has 0 aromatic carbocycles. The molecule has 0 aliphatic carbocycles. The van der Waals surface area contributed by atoms with Crippen LogP contribution in [0.2, 0.25) is 0 Å². The molecule has 2 aliphatic rings. The van der Waals surface area contributed by atoms with Gasteiger partial charge < -0.3 is 19.9 Å². The Labute approximate surface area is 144 Å². The van der Waals surface area contributed by atoms with Gasteiger partial charge in [-0.15, -0.1) is 11.3 Å². The monoisotopic (exact) mass is 354 g/mol. The lowest BCUT2D eigenvalue weighted by atomic mass is 9.78. The first-order valence-corrected chi connectivity index (χ1v) is 8.87. The summed E-state index contributed by atoms with van der Waals surface area (Å²) in [5.74, 6) is -0.684. The second kappa shape index (κ2) is 6.00. The molecule has 2 fully saturated rings. The first-order chi connectivity index (χ1) is 11.2. The molecular formula is C16H22N2O5S. The van der Waals surface area contributed by atoms with Crippen LogP contribution in [-0.2, 0) is 29.4 Å². The van der Waals surface area contributed by atoms with Crippen LogP contribution in [0.3, 0.4) is 0 Å². The van der Waals surface area contributed by atoms with E-state index < -0.39 is 29.1 Å². The highest BCUT2D eigenvalue weighted by Crippen LogP contribution is 2.52. The number of esters is 2. The summed E-state index contributed by atoms with van der Waals surface area (Å²) >= 11 is 1.28. The van der Waals surface area contributed by atoms with Crippen molar-refractivity contribution in [3.05, 3.63) is 11.1 Å². The number of carbonyl (C=O) groups excluding carboxylic acids is 2. The SMILES string of the molecule is CC(C)COC[C@H]1C[C@]2(C[C@@](C)(c3csc(N)n3)OC2=O)C(=O)O1. The fourth-order valence-electron chi connectivity index (χ4n) is 3.28. The van der Waals surface area contributed by atoms with Crippen molar-refractivity contribution in [2.75, 3.05) is 18.9 Å². The van der Waals surface area contributed by atoms with E-state index in [-0.39, 0.29) is 12.8 Å². The third-order valence-corrected chi connectivity index (χ3v) is 5.08. The molecule has 1 aromatic heterocycles. The largest absolute Gasteiger partial charge is 0.459 e. The van der Waals surface area contributed by atoms with Crippen molar-refractivity contribution in [3.63, 3.8) is 0 Å². The van der Waals surface area contributed by atoms with Crippen LogP contribution in [0.15, 0.2) is 5.38 Å². The summed E-state index contributed by atoms with van der Waals surface area (Å²) in [5, 5.41) is 2.16. The zero-order chi connectivity index (χ0) is 17.5. The van der Waals surface area contributed by atoms with Gasteiger partial charge in [-0.2, -0.15) is 0 Å². The molecule has 0 unspecified atom stereocenters. The lowest BCUT2D eigenvalue weighted by molar-refractivity contribution is -0.160. The molecule has 0 saturated carbocycles. The second-order valence-electron chi connectivity index (χ2n) is 7.11. The lowest BCUT2D eigenvalue weighted by Crippen LogP contribution is -2.32. The summed E-state index contributed by atoms with van der Waals surface area (Å²) in [7, 11) is 0. The number of thiazole rings is 1. The van der Waals surface area contributed by atoms with Crippen molar-refractivity contribution in [2.24, 2.45) is 11.3 Å². The Bertz CT molecular complexity index is 661. The van der Waals surface area contributed by atoms with Crippen LogP contribution in [0.1, 0.15) is 39.3 Å². The van der Waals surface area contributed by atoms with Crippen LogP contribution >= 0.6 is 11.3 Å². The highest BCUT2D eigenvalue weighted by Gasteiger charge is 2.65. The van der Waals surface area contributed by atoms with Gasteiger partial charge in [0, 0.05) is 24.8 Å². The van der Waals surface area contributed by atoms with Crippen molar-refractivity contribution >= 4 is 28.4 Å². The molecule has 2 N–H and O–H groups in total. The second-order valence-corrected chi connectivity index (χ2v) is 8.00. The van der Waals surface area contributed by atoms with Crippen LogP contribution < -0.4 is 5.73 Å². The molecule has 0 bridgehead atoms. The topological polar surface area (TPSA) is 101 Å². The Morgan fingerprint density at radius 3 is 2.83 bits per heavy atom. The Morgan fingerprint density at radius 1 is 1.46 bits per heavy atom. The van der Waals surface area contributed by atoms with E-state index in [1.54, 1.807) is 12.3 Å². The fraction of sp³-hybridized carbons (Fsp3) is 0.688. The van der Waals surface area contributed by atoms with Crippen molar-refractivity contribution in [1.82, 2.24) is 4.98 Å². The van der Waals surface area contributed by atoms with Crippen molar-refractivity contribution < 1.29 is 23.8 Å². The normalized spacial score (nSPS) is 32.6. The molecule has 132 valence electrons. The third kappa shape index (κ3) is 2.88. The summed E-state index contributed by atoms with van der Waals surface area (Å²) in [6.07, 6.45) is 0.0612. The van der Waals surface area contributed by atoms with Gasteiger partial charge in [0.1, 0.15) is 6.10 Å². The summed E-state index contributed by atoms with van der Waals surface area (Å²) in [6.45, 7) is 6.72. The smallest absolute Gasteiger partial charge is 0.324 e. The molecule has 3 heterocycles. The molecule has 0 radical (unpaired) electrons. The summed E-state index contributed by atoms with van der Waals surface area (Å²) < 4.78 is 16.5. The van der Waals surface area contributed by atoms with Gasteiger partial charge in [0.25, 0.3) is 0 Å². The molecule has 3 atom stereocenters. The lowest BCUT2D eigenvalue weighted by Gasteiger charge is -2.20. The van der Waals surface area contributed by atoms with E-state index in [4.69, 9.17) is 19.9 Å². The predicted molar refractivity (Wildman–Crippen MR) is 87.2 cm³/mol. The van der Waals surface area contributed by atoms with Crippen LogP contribution in [0.25, 0.3) is 0 Å². The zero-order valence-electron chi connectivity index (χ0n) is 14.0. The number of hydrogen-bond donors (Lipinski definition) is 1. The molecule has 1 spiro atoms. The Morgan fingerprint density at radius 2 is 2.21 bits per heavy atom. The van der Waals surface area contributed by atoms with Gasteiger partial charge in [-0.25, -0.2) is 4.98 Å². The number of nitrogens with two attached hydrogens (primary N) is 1. The first-order valence-electron chi connectivity index (χ1n) is 7.99. The Hall–Kier alpha value is -1.67. The molecule has 1 aromatic rings. The van der Waals surface area contributed by atoms with Gasteiger partial charge in [0.15, 0.2) is 16.1 Å². The van der Waals surface area contributed by atoms with E-state index in [0.717, 1.165) is 0 Å². The van der Waals surface area contributed by atoms with Gasteiger partial charge in [0.2, 0.25) is 0 Å². The summed E-state index contributed by atoms with van der Waals surface area (Å²) in [6, 6.07) is 0. The average Bonchev–Trinajstić information content (AvgIpc) is 3.11. The third-order valence-electron chi connectivity index (χ3n) is 4.41. The van der Waals surface area contributed by atoms with E-state index in [2.05, 4.69) is 4.98 Å². The predicted octanol–water partition coefficient (Wildman–Crippen LogP) is 1.86. The molecule has 0 amide bonds. The summed E-state index contributed by atoms with van der Waals surface area (Å²) in [4.78, 5) is 29.1. The molecular weight excluding hydrogens is 332 g/mol. The number of carbonyl (C=O) groups is 2. The molecule has 2 aliphatic heterocycles. The van der Waals surface area contributed by atoms with Gasteiger partial charge in [-0.3, -0.25) is 9.59 Å². The van der Waals surface area contributed by atoms with Crippen molar-refractivity contribution in [1.29, 1.82) is 0 Å². The fourth-order valence-corrected chi connectivity index (χ4v) is 3.96. The van der Waals surface area contributed by atoms with Gasteiger partial charge in [0.05, 0.1) is 12.3 Å². The molecule has 24 heavy (non-hydrogen) atoms. The van der Waals surface area contributed by atoms with Crippen LogP contribution in [0.5, 0.6) is 0 Å². The van der Waals surface area contributed by atoms with Gasteiger partial charge in [-0.1, -0.05) is 13.8 Å². The standard InChI is InChI=1S/C16H22N2O5S/c1-9(2)5-21-6-10-4-16(12(19)22-10)8-15(3,23-13(16)20)11-7-24-14(17)18-11/h7,9-10H,4-6,8H2,1-3H3,(H2,17,18)/t10-,15+,16+/m1/s1. The minimum absolute atomic E-state index is 0.210. The van der Waals surface area contributed by atoms with E-state index >= 15 is 0 Å². The maximum absolute atomic E-state index is 12.5. The number of rotatable bonds is 5. The van der Waals surface area contributed by atoms with E-state index in [9.17, 15) is 9.59 Å². The van der Waals surface area contributed by atoms with Crippen molar-refractivity contribution in [2.45, 2.75) is 45.3 Å². The molecule has 3 rings (SSSR count). The minimum atomic E-state index is -1.26. The zero-order valence-corrected chi connectivity index (χ0v) is 14.9. The van der Waals surface area contributed by atoms with Crippen LogP contribution in [0.4, 0.5) is 5.13 Å². The number of nitrogen functional groups attached to an aromatic ring is 1. The summed E-state index contributed by atoms with van der Waals surface area (Å²) in [5.41, 5.74) is 4.02. The number of ether oxygens (including phenoxy) is 3. The number of hydrogen-bond acceptors (Lipinski definition) is 8. The average molecular weight is 354 g/mol. The minimum Gasteiger partial charge on any atom is -0.459 e. The Balaban J connectivity index is 1.74. The highest BCUT2D eigenvalue weighted by atomic mass is 32.1. The number of cyclic esters (lactones) is 2. The quantitative estimate of drug-likeness (QED) is 0.636. The number of nitrogens with zero attached hydrogens (tertiary/aromatic N) is 1. The van der Waals surface area contributed by atoms with E-state index in [1.165, 1.54) is 11.3 Å². The Kier molecular flexibility index (Phi) is 4.29. The molecule has 8 heteroatoms. The van der Waals surface area contributed by atoms with E-state index in [0.29, 0.717) is 30.0 Å². The maximum Gasteiger partial charge on any atom is 0.324 e. The van der Waals surface area contributed by atoms with Crippen LogP contribution in [0, 0.1) is 11.3 Å². The van der Waals surface area contributed by atoms with Gasteiger partial charge >= 0.3 is 11.9 Å². The van der Waals surface area contributed by atoms with Crippen LogP contribution in [-0.4, -0.2) is 36.2 Å². The van der Waals surface area contributed by atoms with Gasteiger partial charge in [-0.05, 0) is 12.8 Å². The molecule has 2 saturated heterocycles. The molecule has 7 nitrogen and oxygen atoms in total. The van der Waals surface area contributed by atoms with E-state index in [1.807, 2.05) is 13.8 Å². The first kappa shape index (κ1) is 17.2. The maximum atomic E-state index is 12.5. The number of anilines is 1. The number of aromatic nitrogens is 1.